The SMILES string of the molecule is COc1ccc(CO)c(-c2cccc(C3(C(=O)O)CCC3)c2)c1. The van der Waals surface area contributed by atoms with Gasteiger partial charge in [0.1, 0.15) is 5.75 Å². The molecule has 0 spiro atoms. The first-order valence-corrected chi connectivity index (χ1v) is 7.73. The normalized spacial score (nSPS) is 15.7. The van der Waals surface area contributed by atoms with E-state index in [0.29, 0.717) is 18.6 Å². The summed E-state index contributed by atoms with van der Waals surface area (Å²) in [5.74, 6) is -0.0480. The van der Waals surface area contributed by atoms with Crippen LogP contribution in [-0.4, -0.2) is 23.3 Å². The van der Waals surface area contributed by atoms with Crippen LogP contribution in [-0.2, 0) is 16.8 Å². The molecule has 0 atom stereocenters. The second-order valence-electron chi connectivity index (χ2n) is 6.00. The second-order valence-corrected chi connectivity index (χ2v) is 6.00. The number of aliphatic hydroxyl groups is 1. The third-order valence-corrected chi connectivity index (χ3v) is 4.83. The van der Waals surface area contributed by atoms with Crippen molar-refractivity contribution < 1.29 is 19.7 Å². The fraction of sp³-hybridized carbons (Fsp3) is 0.316. The number of rotatable bonds is 5. The van der Waals surface area contributed by atoms with E-state index in [2.05, 4.69) is 0 Å². The summed E-state index contributed by atoms with van der Waals surface area (Å²) in [6, 6.07) is 13.1. The van der Waals surface area contributed by atoms with Gasteiger partial charge in [-0.15, -0.1) is 0 Å². The molecular weight excluding hydrogens is 292 g/mol. The Morgan fingerprint density at radius 3 is 2.57 bits per heavy atom. The summed E-state index contributed by atoms with van der Waals surface area (Å²) >= 11 is 0. The van der Waals surface area contributed by atoms with Gasteiger partial charge in [-0.05, 0) is 53.3 Å². The number of hydrogen-bond donors (Lipinski definition) is 2. The maximum absolute atomic E-state index is 11.7. The number of ether oxygens (including phenoxy) is 1. The highest BCUT2D eigenvalue weighted by Crippen LogP contribution is 2.45. The van der Waals surface area contributed by atoms with E-state index in [1.165, 1.54) is 0 Å². The zero-order valence-electron chi connectivity index (χ0n) is 13.1. The van der Waals surface area contributed by atoms with Gasteiger partial charge in [0, 0.05) is 0 Å². The van der Waals surface area contributed by atoms with E-state index in [0.717, 1.165) is 28.7 Å². The maximum Gasteiger partial charge on any atom is 0.314 e. The van der Waals surface area contributed by atoms with Gasteiger partial charge in [-0.25, -0.2) is 0 Å². The molecule has 4 nitrogen and oxygen atoms in total. The van der Waals surface area contributed by atoms with Gasteiger partial charge in [0.05, 0.1) is 19.1 Å². The van der Waals surface area contributed by atoms with Crippen molar-refractivity contribution in [3.8, 4) is 16.9 Å². The Hall–Kier alpha value is -2.33. The zero-order chi connectivity index (χ0) is 16.4. The summed E-state index contributed by atoms with van der Waals surface area (Å²) in [6.45, 7) is -0.0758. The van der Waals surface area contributed by atoms with Gasteiger partial charge in [-0.2, -0.15) is 0 Å². The Morgan fingerprint density at radius 2 is 2.00 bits per heavy atom. The van der Waals surface area contributed by atoms with E-state index < -0.39 is 11.4 Å². The van der Waals surface area contributed by atoms with Crippen molar-refractivity contribution >= 4 is 5.97 Å². The van der Waals surface area contributed by atoms with Crippen LogP contribution in [0, 0.1) is 0 Å². The highest BCUT2D eigenvalue weighted by molar-refractivity contribution is 5.83. The Bertz CT molecular complexity index is 732. The lowest BCUT2D eigenvalue weighted by atomic mass is 9.64. The van der Waals surface area contributed by atoms with E-state index in [1.54, 1.807) is 7.11 Å². The number of carboxylic acid groups (broad SMARTS) is 1. The van der Waals surface area contributed by atoms with Gasteiger partial charge in [-0.3, -0.25) is 4.79 Å². The van der Waals surface area contributed by atoms with Crippen molar-refractivity contribution in [2.45, 2.75) is 31.3 Å². The fourth-order valence-electron chi connectivity index (χ4n) is 3.23. The highest BCUT2D eigenvalue weighted by Gasteiger charge is 2.45. The average Bonchev–Trinajstić information content (AvgIpc) is 2.53. The summed E-state index contributed by atoms with van der Waals surface area (Å²) < 4.78 is 5.27. The molecule has 4 heteroatoms. The predicted octanol–water partition coefficient (Wildman–Crippen LogP) is 3.36. The smallest absolute Gasteiger partial charge is 0.314 e. The van der Waals surface area contributed by atoms with Crippen LogP contribution < -0.4 is 4.74 Å². The van der Waals surface area contributed by atoms with Gasteiger partial charge in [-0.1, -0.05) is 30.7 Å². The molecule has 2 aromatic carbocycles. The lowest BCUT2D eigenvalue weighted by Crippen LogP contribution is -2.42. The minimum atomic E-state index is -0.756. The standard InChI is InChI=1S/C19H20O4/c1-23-16-7-6-14(12-20)17(11-16)13-4-2-5-15(10-13)19(18(21)22)8-3-9-19/h2,4-7,10-11,20H,3,8-9,12H2,1H3,(H,21,22). The van der Waals surface area contributed by atoms with Crippen LogP contribution >= 0.6 is 0 Å². The number of methoxy groups -OCH3 is 1. The van der Waals surface area contributed by atoms with E-state index in [9.17, 15) is 15.0 Å². The molecule has 0 unspecified atom stereocenters. The molecule has 1 saturated carbocycles. The number of aliphatic hydroxyl groups excluding tert-OH is 1. The van der Waals surface area contributed by atoms with E-state index >= 15 is 0 Å². The molecule has 0 heterocycles. The number of carboxylic acids is 1. The van der Waals surface area contributed by atoms with Crippen molar-refractivity contribution in [1.82, 2.24) is 0 Å². The summed E-state index contributed by atoms with van der Waals surface area (Å²) in [7, 11) is 1.60. The molecule has 1 fully saturated rings. The summed E-state index contributed by atoms with van der Waals surface area (Å²) in [6.07, 6.45) is 2.30. The Kier molecular flexibility index (Phi) is 4.09. The molecule has 1 aliphatic carbocycles. The molecular formula is C19H20O4. The summed E-state index contributed by atoms with van der Waals surface area (Å²) in [4.78, 5) is 11.7. The fourth-order valence-corrected chi connectivity index (χ4v) is 3.23. The minimum absolute atomic E-state index is 0.0758. The molecule has 0 radical (unpaired) electrons. The van der Waals surface area contributed by atoms with Gasteiger partial charge in [0.2, 0.25) is 0 Å². The van der Waals surface area contributed by atoms with Crippen LogP contribution in [0.3, 0.4) is 0 Å². The van der Waals surface area contributed by atoms with Gasteiger partial charge in [0.25, 0.3) is 0 Å². The Labute approximate surface area is 135 Å². The number of benzene rings is 2. The zero-order valence-corrected chi connectivity index (χ0v) is 13.1. The van der Waals surface area contributed by atoms with Gasteiger partial charge >= 0.3 is 5.97 Å². The van der Waals surface area contributed by atoms with Gasteiger partial charge in [0.15, 0.2) is 0 Å². The molecule has 0 aromatic heterocycles. The molecule has 3 rings (SSSR count). The second kappa shape index (κ2) is 6.05. The monoisotopic (exact) mass is 312 g/mol. The molecule has 0 saturated heterocycles. The van der Waals surface area contributed by atoms with E-state index in [4.69, 9.17) is 4.74 Å². The predicted molar refractivity (Wildman–Crippen MR) is 87.5 cm³/mol. The molecule has 0 bridgehead atoms. The van der Waals surface area contributed by atoms with Gasteiger partial charge < -0.3 is 14.9 Å². The lowest BCUT2D eigenvalue weighted by Gasteiger charge is -2.38. The molecule has 0 aliphatic heterocycles. The van der Waals surface area contributed by atoms with Crippen molar-refractivity contribution in [3.63, 3.8) is 0 Å². The number of hydrogen-bond acceptors (Lipinski definition) is 3. The largest absolute Gasteiger partial charge is 0.497 e. The van der Waals surface area contributed by atoms with E-state index in [-0.39, 0.29) is 6.61 Å². The first-order valence-electron chi connectivity index (χ1n) is 7.73. The lowest BCUT2D eigenvalue weighted by molar-refractivity contribution is -0.147. The highest BCUT2D eigenvalue weighted by atomic mass is 16.5. The molecule has 120 valence electrons. The topological polar surface area (TPSA) is 66.8 Å². The van der Waals surface area contributed by atoms with Crippen LogP contribution in [0.2, 0.25) is 0 Å². The summed E-state index contributed by atoms with van der Waals surface area (Å²) in [5.41, 5.74) is 2.64. The third-order valence-electron chi connectivity index (χ3n) is 4.83. The quantitative estimate of drug-likeness (QED) is 0.888. The minimum Gasteiger partial charge on any atom is -0.497 e. The van der Waals surface area contributed by atoms with Crippen molar-refractivity contribution in [3.05, 3.63) is 53.6 Å². The average molecular weight is 312 g/mol. The van der Waals surface area contributed by atoms with Crippen LogP contribution in [0.15, 0.2) is 42.5 Å². The number of carbonyl (C=O) groups is 1. The van der Waals surface area contributed by atoms with Crippen molar-refractivity contribution in [2.75, 3.05) is 7.11 Å². The van der Waals surface area contributed by atoms with Crippen LogP contribution in [0.1, 0.15) is 30.4 Å². The van der Waals surface area contributed by atoms with Crippen molar-refractivity contribution in [1.29, 1.82) is 0 Å². The molecule has 2 aromatic rings. The van der Waals surface area contributed by atoms with Crippen LogP contribution in [0.5, 0.6) is 5.75 Å². The molecule has 1 aliphatic rings. The Balaban J connectivity index is 2.08. The Morgan fingerprint density at radius 1 is 1.22 bits per heavy atom. The van der Waals surface area contributed by atoms with Crippen molar-refractivity contribution in [2.24, 2.45) is 0 Å². The first kappa shape index (κ1) is 15.6. The molecule has 0 amide bonds. The first-order chi connectivity index (χ1) is 11.1. The third kappa shape index (κ3) is 2.59. The van der Waals surface area contributed by atoms with Crippen LogP contribution in [0.25, 0.3) is 11.1 Å². The maximum atomic E-state index is 11.7. The number of aliphatic carboxylic acids is 1. The summed E-state index contributed by atoms with van der Waals surface area (Å²) in [5, 5.41) is 19.2. The molecule has 2 N–H and O–H groups in total. The van der Waals surface area contributed by atoms with Crippen LogP contribution in [0.4, 0.5) is 0 Å². The van der Waals surface area contributed by atoms with E-state index in [1.807, 2.05) is 42.5 Å². The molecule has 23 heavy (non-hydrogen) atoms.